The number of piperidine rings is 1. The van der Waals surface area contributed by atoms with Gasteiger partial charge in [-0.25, -0.2) is 9.59 Å². The molecule has 0 spiro atoms. The Kier molecular flexibility index (Phi) is 7.94. The Morgan fingerprint density at radius 2 is 1.67 bits per heavy atom. The second-order valence-electron chi connectivity index (χ2n) is 7.35. The number of hydrogen-bond donors (Lipinski definition) is 2. The number of carbonyl (C=O) groups excluding carboxylic acids is 2. The maximum absolute atomic E-state index is 12.2. The second kappa shape index (κ2) is 11.1. The van der Waals surface area contributed by atoms with Gasteiger partial charge in [0.15, 0.2) is 0 Å². The van der Waals surface area contributed by atoms with Gasteiger partial charge in [0.1, 0.15) is 11.5 Å². The number of benzene rings is 2. The summed E-state index contributed by atoms with van der Waals surface area (Å²) < 4.78 is 10.5. The number of amides is 3. The minimum absolute atomic E-state index is 0.158. The molecule has 1 saturated heterocycles. The van der Waals surface area contributed by atoms with E-state index in [4.69, 9.17) is 9.47 Å². The van der Waals surface area contributed by atoms with Gasteiger partial charge in [-0.05, 0) is 55.0 Å². The van der Waals surface area contributed by atoms with Crippen LogP contribution in [-0.4, -0.2) is 50.3 Å². The molecule has 2 aromatic carbocycles. The third kappa shape index (κ3) is 6.69. The molecule has 0 radical (unpaired) electrons. The molecule has 0 unspecified atom stereocenters. The lowest BCUT2D eigenvalue weighted by atomic mass is 9.97. The maximum atomic E-state index is 12.2. The van der Waals surface area contributed by atoms with E-state index in [0.717, 1.165) is 30.6 Å². The van der Waals surface area contributed by atoms with Gasteiger partial charge in [0.05, 0.1) is 7.11 Å². The van der Waals surface area contributed by atoms with Gasteiger partial charge < -0.3 is 25.0 Å². The van der Waals surface area contributed by atoms with Gasteiger partial charge in [0, 0.05) is 26.2 Å². The van der Waals surface area contributed by atoms with Crippen molar-refractivity contribution in [3.8, 4) is 11.5 Å². The summed E-state index contributed by atoms with van der Waals surface area (Å²) in [5.74, 6) is 1.74. The van der Waals surface area contributed by atoms with E-state index in [9.17, 15) is 9.59 Å². The van der Waals surface area contributed by atoms with Crippen molar-refractivity contribution in [3.05, 3.63) is 60.2 Å². The number of rotatable bonds is 7. The standard InChI is InChI=1S/C23H29N3O4/c1-29-20-9-7-18(8-10-20)11-14-24-22(27)25-17-19-12-15-26(16-13-19)23(28)30-21-5-3-2-4-6-21/h2-10,19H,11-17H2,1H3,(H2,24,25,27). The van der Waals surface area contributed by atoms with Crippen LogP contribution in [-0.2, 0) is 6.42 Å². The molecule has 1 heterocycles. The van der Waals surface area contributed by atoms with Crippen LogP contribution in [0.5, 0.6) is 11.5 Å². The summed E-state index contributed by atoms with van der Waals surface area (Å²) in [4.78, 5) is 26.0. The van der Waals surface area contributed by atoms with Crippen molar-refractivity contribution >= 4 is 12.1 Å². The Labute approximate surface area is 177 Å². The van der Waals surface area contributed by atoms with E-state index in [-0.39, 0.29) is 12.1 Å². The molecule has 0 bridgehead atoms. The summed E-state index contributed by atoms with van der Waals surface area (Å²) in [6, 6.07) is 16.7. The predicted octanol–water partition coefficient (Wildman–Crippen LogP) is 3.45. The highest BCUT2D eigenvalue weighted by Gasteiger charge is 2.24. The minimum atomic E-state index is -0.316. The predicted molar refractivity (Wildman–Crippen MR) is 115 cm³/mol. The average Bonchev–Trinajstić information content (AvgIpc) is 2.79. The van der Waals surface area contributed by atoms with Crippen LogP contribution >= 0.6 is 0 Å². The molecule has 3 amide bonds. The lowest BCUT2D eigenvalue weighted by Crippen LogP contribution is -2.44. The first-order chi connectivity index (χ1) is 14.6. The molecule has 2 aromatic rings. The maximum Gasteiger partial charge on any atom is 0.415 e. The fraction of sp³-hybridized carbons (Fsp3) is 0.391. The lowest BCUT2D eigenvalue weighted by Gasteiger charge is -2.31. The zero-order chi connectivity index (χ0) is 21.2. The fourth-order valence-electron chi connectivity index (χ4n) is 3.39. The van der Waals surface area contributed by atoms with Crippen molar-refractivity contribution in [2.75, 3.05) is 33.3 Å². The molecule has 7 nitrogen and oxygen atoms in total. The zero-order valence-electron chi connectivity index (χ0n) is 17.3. The normalized spacial score (nSPS) is 14.1. The third-order valence-corrected chi connectivity index (χ3v) is 5.23. The summed E-state index contributed by atoms with van der Waals surface area (Å²) in [5.41, 5.74) is 1.14. The Morgan fingerprint density at radius 3 is 2.33 bits per heavy atom. The largest absolute Gasteiger partial charge is 0.497 e. The Bertz CT molecular complexity index is 803. The van der Waals surface area contributed by atoms with Crippen LogP contribution in [0.3, 0.4) is 0 Å². The summed E-state index contributed by atoms with van der Waals surface area (Å²) in [5, 5.41) is 5.82. The average molecular weight is 412 g/mol. The highest BCUT2D eigenvalue weighted by molar-refractivity contribution is 5.73. The molecule has 0 aromatic heterocycles. The minimum Gasteiger partial charge on any atom is -0.497 e. The molecule has 1 aliphatic rings. The smallest absolute Gasteiger partial charge is 0.415 e. The van der Waals surface area contributed by atoms with E-state index in [1.807, 2.05) is 42.5 Å². The van der Waals surface area contributed by atoms with E-state index >= 15 is 0 Å². The van der Waals surface area contributed by atoms with Gasteiger partial charge in [-0.15, -0.1) is 0 Å². The second-order valence-corrected chi connectivity index (χ2v) is 7.35. The summed E-state index contributed by atoms with van der Waals surface area (Å²) in [6.45, 7) is 2.45. The number of para-hydroxylation sites is 1. The molecule has 0 aliphatic carbocycles. The van der Waals surface area contributed by atoms with Crippen LogP contribution in [0, 0.1) is 5.92 Å². The topological polar surface area (TPSA) is 79.9 Å². The number of methoxy groups -OCH3 is 1. The highest BCUT2D eigenvalue weighted by Crippen LogP contribution is 2.18. The number of ether oxygens (including phenoxy) is 2. The van der Waals surface area contributed by atoms with E-state index in [1.165, 1.54) is 0 Å². The number of urea groups is 1. The molecular weight excluding hydrogens is 382 g/mol. The SMILES string of the molecule is COc1ccc(CCNC(=O)NCC2CCN(C(=O)Oc3ccccc3)CC2)cc1. The fourth-order valence-corrected chi connectivity index (χ4v) is 3.39. The summed E-state index contributed by atoms with van der Waals surface area (Å²) in [7, 11) is 1.64. The van der Waals surface area contributed by atoms with Crippen molar-refractivity contribution in [1.29, 1.82) is 0 Å². The van der Waals surface area contributed by atoms with Crippen LogP contribution in [0.1, 0.15) is 18.4 Å². The molecule has 30 heavy (non-hydrogen) atoms. The van der Waals surface area contributed by atoms with Crippen molar-refractivity contribution in [2.24, 2.45) is 5.92 Å². The van der Waals surface area contributed by atoms with Crippen molar-refractivity contribution in [1.82, 2.24) is 15.5 Å². The Hall–Kier alpha value is -3.22. The number of carbonyl (C=O) groups is 2. The van der Waals surface area contributed by atoms with Gasteiger partial charge in [0.2, 0.25) is 0 Å². The first-order valence-corrected chi connectivity index (χ1v) is 10.3. The van der Waals surface area contributed by atoms with Crippen LogP contribution in [0.4, 0.5) is 9.59 Å². The third-order valence-electron chi connectivity index (χ3n) is 5.23. The van der Waals surface area contributed by atoms with Crippen LogP contribution in [0.2, 0.25) is 0 Å². The molecular formula is C23H29N3O4. The molecule has 0 saturated carbocycles. The van der Waals surface area contributed by atoms with Gasteiger partial charge in [0.25, 0.3) is 0 Å². The Balaban J connectivity index is 1.29. The first-order valence-electron chi connectivity index (χ1n) is 10.3. The molecule has 1 fully saturated rings. The van der Waals surface area contributed by atoms with Gasteiger partial charge in [-0.2, -0.15) is 0 Å². The number of likely N-dealkylation sites (tertiary alicyclic amines) is 1. The van der Waals surface area contributed by atoms with Gasteiger partial charge >= 0.3 is 12.1 Å². The molecule has 2 N–H and O–H groups in total. The summed E-state index contributed by atoms with van der Waals surface area (Å²) in [6.07, 6.45) is 2.13. The van der Waals surface area contributed by atoms with Crippen molar-refractivity contribution in [2.45, 2.75) is 19.3 Å². The molecule has 160 valence electrons. The van der Waals surface area contributed by atoms with E-state index in [2.05, 4.69) is 10.6 Å². The van der Waals surface area contributed by atoms with Crippen LogP contribution in [0.25, 0.3) is 0 Å². The van der Waals surface area contributed by atoms with Gasteiger partial charge in [-0.1, -0.05) is 30.3 Å². The monoisotopic (exact) mass is 411 g/mol. The number of nitrogens with zero attached hydrogens (tertiary/aromatic N) is 1. The van der Waals surface area contributed by atoms with Crippen molar-refractivity contribution < 1.29 is 19.1 Å². The van der Waals surface area contributed by atoms with E-state index in [1.54, 1.807) is 24.1 Å². The highest BCUT2D eigenvalue weighted by atomic mass is 16.6. The van der Waals surface area contributed by atoms with E-state index in [0.29, 0.717) is 37.8 Å². The van der Waals surface area contributed by atoms with Gasteiger partial charge in [-0.3, -0.25) is 0 Å². The Morgan fingerprint density at radius 1 is 0.967 bits per heavy atom. The molecule has 0 atom stereocenters. The quantitative estimate of drug-likeness (QED) is 0.731. The van der Waals surface area contributed by atoms with Crippen molar-refractivity contribution in [3.63, 3.8) is 0 Å². The lowest BCUT2D eigenvalue weighted by molar-refractivity contribution is 0.130. The molecule has 3 rings (SSSR count). The van der Waals surface area contributed by atoms with E-state index < -0.39 is 0 Å². The molecule has 1 aliphatic heterocycles. The van der Waals surface area contributed by atoms with Crippen LogP contribution < -0.4 is 20.1 Å². The zero-order valence-corrected chi connectivity index (χ0v) is 17.3. The summed E-state index contributed by atoms with van der Waals surface area (Å²) >= 11 is 0. The number of hydrogen-bond acceptors (Lipinski definition) is 4. The first kappa shape index (κ1) is 21.5. The van der Waals surface area contributed by atoms with Crippen LogP contribution in [0.15, 0.2) is 54.6 Å². The molecule has 7 heteroatoms. The number of nitrogens with one attached hydrogen (secondary N) is 2.